The average Bonchev–Trinajstić information content (AvgIpc) is 2.54. The van der Waals surface area contributed by atoms with Gasteiger partial charge in [0.1, 0.15) is 0 Å². The van der Waals surface area contributed by atoms with Gasteiger partial charge in [0, 0.05) is 39.9 Å². The van der Waals surface area contributed by atoms with Gasteiger partial charge in [0.05, 0.1) is 4.92 Å². The lowest BCUT2D eigenvalue weighted by Crippen LogP contribution is -2.18. The van der Waals surface area contributed by atoms with Gasteiger partial charge in [0.15, 0.2) is 0 Å². The van der Waals surface area contributed by atoms with Crippen molar-refractivity contribution >= 4 is 34.5 Å². The summed E-state index contributed by atoms with van der Waals surface area (Å²) in [6, 6.07) is 11.3. The van der Waals surface area contributed by atoms with E-state index >= 15 is 0 Å². The van der Waals surface area contributed by atoms with Gasteiger partial charge < -0.3 is 5.32 Å². The summed E-state index contributed by atoms with van der Waals surface area (Å²) in [7, 11) is 0. The van der Waals surface area contributed by atoms with E-state index in [1.165, 1.54) is 18.2 Å². The molecule has 2 rings (SSSR count). The van der Waals surface area contributed by atoms with Crippen molar-refractivity contribution in [2.75, 3.05) is 5.32 Å². The van der Waals surface area contributed by atoms with Crippen LogP contribution in [0, 0.1) is 16.0 Å². The van der Waals surface area contributed by atoms with Gasteiger partial charge in [0.2, 0.25) is 5.91 Å². The molecule has 0 unspecified atom stereocenters. The highest BCUT2D eigenvalue weighted by Gasteiger charge is 2.18. The van der Waals surface area contributed by atoms with E-state index in [4.69, 9.17) is 11.6 Å². The number of benzene rings is 2. The first-order valence-electron chi connectivity index (χ1n) is 7.34. The van der Waals surface area contributed by atoms with Gasteiger partial charge in [-0.05, 0) is 17.7 Å². The van der Waals surface area contributed by atoms with Crippen LogP contribution >= 0.6 is 11.6 Å². The summed E-state index contributed by atoms with van der Waals surface area (Å²) in [5.41, 5.74) is 2.00. The Labute approximate surface area is 145 Å². The van der Waals surface area contributed by atoms with E-state index in [1.54, 1.807) is 38.1 Å². The standard InChI is InChI=1S/C18H17ClN2O3/c1-11(2)18(22)20-17-9-8-13(21(23)24)10-15(17)12(3)14-6-4-5-7-16(14)19/h4-11H,3H2,1-2H3,(H,20,22). The number of carbonyl (C=O) groups is 1. The molecule has 0 saturated carbocycles. The fourth-order valence-electron chi connectivity index (χ4n) is 2.13. The van der Waals surface area contributed by atoms with Crippen LogP contribution in [0.5, 0.6) is 0 Å². The second kappa shape index (κ2) is 7.27. The van der Waals surface area contributed by atoms with Crippen molar-refractivity contribution < 1.29 is 9.72 Å². The van der Waals surface area contributed by atoms with Gasteiger partial charge in [0.25, 0.3) is 5.69 Å². The molecule has 2 aromatic carbocycles. The lowest BCUT2D eigenvalue weighted by molar-refractivity contribution is -0.384. The first kappa shape index (κ1) is 17.7. The van der Waals surface area contributed by atoms with E-state index in [-0.39, 0.29) is 17.5 Å². The van der Waals surface area contributed by atoms with Crippen LogP contribution in [0.2, 0.25) is 5.02 Å². The zero-order valence-corrected chi connectivity index (χ0v) is 14.1. The van der Waals surface area contributed by atoms with E-state index < -0.39 is 4.92 Å². The number of halogens is 1. The van der Waals surface area contributed by atoms with Gasteiger partial charge in [-0.3, -0.25) is 14.9 Å². The number of non-ortho nitro benzene ring substituents is 1. The van der Waals surface area contributed by atoms with Crippen LogP contribution in [0.15, 0.2) is 49.0 Å². The number of amides is 1. The Morgan fingerprint density at radius 3 is 2.46 bits per heavy atom. The van der Waals surface area contributed by atoms with Crippen molar-refractivity contribution in [3.63, 3.8) is 0 Å². The third-order valence-corrected chi connectivity index (χ3v) is 3.85. The number of nitro benzene ring substituents is 1. The van der Waals surface area contributed by atoms with Crippen molar-refractivity contribution in [3.05, 3.63) is 75.3 Å². The highest BCUT2D eigenvalue weighted by Crippen LogP contribution is 2.34. The number of nitrogens with one attached hydrogen (secondary N) is 1. The molecule has 124 valence electrons. The number of hydrogen-bond donors (Lipinski definition) is 1. The van der Waals surface area contributed by atoms with E-state index in [9.17, 15) is 14.9 Å². The Bertz CT molecular complexity index is 816. The summed E-state index contributed by atoms with van der Waals surface area (Å²) < 4.78 is 0. The largest absolute Gasteiger partial charge is 0.325 e. The fourth-order valence-corrected chi connectivity index (χ4v) is 2.38. The number of nitrogens with zero attached hydrogens (tertiary/aromatic N) is 1. The molecule has 0 aliphatic heterocycles. The zero-order valence-electron chi connectivity index (χ0n) is 13.4. The maximum atomic E-state index is 12.0. The summed E-state index contributed by atoms with van der Waals surface area (Å²) in [4.78, 5) is 22.6. The predicted octanol–water partition coefficient (Wildman–Crippen LogP) is 4.90. The van der Waals surface area contributed by atoms with Gasteiger partial charge in [-0.1, -0.05) is 50.2 Å². The van der Waals surface area contributed by atoms with Crippen LogP contribution in [0.4, 0.5) is 11.4 Å². The molecule has 1 N–H and O–H groups in total. The summed E-state index contributed by atoms with van der Waals surface area (Å²) in [5, 5.41) is 14.3. The average molecular weight is 345 g/mol. The molecular weight excluding hydrogens is 328 g/mol. The molecule has 0 fully saturated rings. The first-order valence-corrected chi connectivity index (χ1v) is 7.72. The highest BCUT2D eigenvalue weighted by molar-refractivity contribution is 6.32. The third-order valence-electron chi connectivity index (χ3n) is 3.52. The lowest BCUT2D eigenvalue weighted by atomic mass is 9.97. The summed E-state index contributed by atoms with van der Waals surface area (Å²) in [6.07, 6.45) is 0. The third kappa shape index (κ3) is 3.81. The minimum Gasteiger partial charge on any atom is -0.325 e. The molecule has 0 aromatic heterocycles. The first-order chi connectivity index (χ1) is 11.3. The molecule has 0 heterocycles. The van der Waals surface area contributed by atoms with E-state index in [2.05, 4.69) is 11.9 Å². The Hall–Kier alpha value is -2.66. The summed E-state index contributed by atoms with van der Waals surface area (Å²) in [5.74, 6) is -0.404. The molecule has 0 aliphatic carbocycles. The van der Waals surface area contributed by atoms with Crippen molar-refractivity contribution in [1.82, 2.24) is 0 Å². The van der Waals surface area contributed by atoms with Crippen LogP contribution in [0.3, 0.4) is 0 Å². The maximum absolute atomic E-state index is 12.0. The van der Waals surface area contributed by atoms with Crippen molar-refractivity contribution in [3.8, 4) is 0 Å². The Morgan fingerprint density at radius 1 is 1.21 bits per heavy atom. The summed E-state index contributed by atoms with van der Waals surface area (Å²) in [6.45, 7) is 7.55. The molecule has 1 amide bonds. The smallest absolute Gasteiger partial charge is 0.270 e. The normalized spacial score (nSPS) is 10.5. The van der Waals surface area contributed by atoms with Crippen LogP contribution in [0.25, 0.3) is 5.57 Å². The van der Waals surface area contributed by atoms with Crippen LogP contribution in [-0.2, 0) is 4.79 Å². The van der Waals surface area contributed by atoms with Crippen LogP contribution in [0.1, 0.15) is 25.0 Å². The molecule has 0 atom stereocenters. The molecular formula is C18H17ClN2O3. The number of hydrogen-bond acceptors (Lipinski definition) is 3. The monoisotopic (exact) mass is 344 g/mol. The van der Waals surface area contributed by atoms with E-state index in [0.717, 1.165) is 0 Å². The van der Waals surface area contributed by atoms with Gasteiger partial charge in [-0.2, -0.15) is 0 Å². The van der Waals surface area contributed by atoms with Crippen LogP contribution in [-0.4, -0.2) is 10.8 Å². The number of nitro groups is 1. The molecule has 6 heteroatoms. The van der Waals surface area contributed by atoms with Gasteiger partial charge >= 0.3 is 0 Å². The van der Waals surface area contributed by atoms with Crippen molar-refractivity contribution in [2.45, 2.75) is 13.8 Å². The number of rotatable bonds is 5. The number of carbonyl (C=O) groups excluding carboxylic acids is 1. The molecule has 2 aromatic rings. The molecule has 0 spiro atoms. The van der Waals surface area contributed by atoms with E-state index in [1.807, 2.05) is 0 Å². The predicted molar refractivity (Wildman–Crippen MR) is 96.2 cm³/mol. The SMILES string of the molecule is C=C(c1ccccc1Cl)c1cc([N+](=O)[O-])ccc1NC(=O)C(C)C. The van der Waals surface area contributed by atoms with Crippen LogP contribution < -0.4 is 5.32 Å². The van der Waals surface area contributed by atoms with Gasteiger partial charge in [-0.15, -0.1) is 0 Å². The molecule has 0 saturated heterocycles. The zero-order chi connectivity index (χ0) is 17.9. The van der Waals surface area contributed by atoms with Crippen molar-refractivity contribution in [1.29, 1.82) is 0 Å². The lowest BCUT2D eigenvalue weighted by Gasteiger charge is -2.15. The molecule has 0 bridgehead atoms. The minimum absolute atomic E-state index is 0.0826. The summed E-state index contributed by atoms with van der Waals surface area (Å²) >= 11 is 6.20. The fraction of sp³-hybridized carbons (Fsp3) is 0.167. The second-order valence-corrected chi connectivity index (χ2v) is 6.00. The maximum Gasteiger partial charge on any atom is 0.270 e. The Kier molecular flexibility index (Phi) is 5.36. The quantitative estimate of drug-likeness (QED) is 0.619. The topological polar surface area (TPSA) is 72.2 Å². The minimum atomic E-state index is -0.489. The van der Waals surface area contributed by atoms with Crippen molar-refractivity contribution in [2.24, 2.45) is 5.92 Å². The highest BCUT2D eigenvalue weighted by atomic mass is 35.5. The van der Waals surface area contributed by atoms with Gasteiger partial charge in [-0.25, -0.2) is 0 Å². The Morgan fingerprint density at radius 2 is 1.88 bits per heavy atom. The number of anilines is 1. The van der Waals surface area contributed by atoms with E-state index in [0.29, 0.717) is 27.4 Å². The molecule has 5 nitrogen and oxygen atoms in total. The molecule has 0 radical (unpaired) electrons. The Balaban J connectivity index is 2.54. The second-order valence-electron chi connectivity index (χ2n) is 5.59. The molecule has 24 heavy (non-hydrogen) atoms. The molecule has 0 aliphatic rings.